The Bertz CT molecular complexity index is 1040. The van der Waals surface area contributed by atoms with Gasteiger partial charge in [0.1, 0.15) is 0 Å². The number of halogens is 2. The second kappa shape index (κ2) is 9.58. The van der Waals surface area contributed by atoms with Gasteiger partial charge in [0.05, 0.1) is 21.2 Å². The van der Waals surface area contributed by atoms with Crippen molar-refractivity contribution in [2.75, 3.05) is 11.9 Å². The van der Waals surface area contributed by atoms with Crippen LogP contribution in [-0.4, -0.2) is 32.9 Å². The zero-order chi connectivity index (χ0) is 21.8. The zero-order valence-electron chi connectivity index (χ0n) is 16.0. The van der Waals surface area contributed by atoms with E-state index >= 15 is 0 Å². The second-order valence-corrected chi connectivity index (χ2v) is 8.75. The number of rotatable bonds is 7. The Morgan fingerprint density at radius 3 is 2.48 bits per heavy atom. The van der Waals surface area contributed by atoms with Crippen molar-refractivity contribution in [3.8, 4) is 0 Å². The summed E-state index contributed by atoms with van der Waals surface area (Å²) in [5.41, 5.74) is 0.835. The predicted molar refractivity (Wildman–Crippen MR) is 112 cm³/mol. The third-order valence-electron chi connectivity index (χ3n) is 3.91. The van der Waals surface area contributed by atoms with Gasteiger partial charge in [0.25, 0.3) is 5.91 Å². The molecule has 1 unspecified atom stereocenters. The Balaban J connectivity index is 2.16. The molecule has 0 saturated carbocycles. The van der Waals surface area contributed by atoms with E-state index in [1.807, 2.05) is 0 Å². The van der Waals surface area contributed by atoms with E-state index in [1.165, 1.54) is 37.3 Å². The van der Waals surface area contributed by atoms with Crippen molar-refractivity contribution in [3.63, 3.8) is 0 Å². The standard InChI is InChI=1S/C19H20Cl2N2O5S/c1-4-22-29(26,27)14-7-5-11(2)15(10-14)19(25)28-12(3)18(24)23-17-9-13(20)6-8-16(17)21/h5-10,12,22H,4H2,1-3H3,(H,23,24). The molecule has 10 heteroatoms. The third-order valence-corrected chi connectivity index (χ3v) is 6.02. The summed E-state index contributed by atoms with van der Waals surface area (Å²) in [7, 11) is -3.74. The quantitative estimate of drug-likeness (QED) is 0.614. The highest BCUT2D eigenvalue weighted by Crippen LogP contribution is 2.25. The van der Waals surface area contributed by atoms with Crippen LogP contribution in [0, 0.1) is 6.92 Å². The van der Waals surface area contributed by atoms with Gasteiger partial charge < -0.3 is 10.1 Å². The second-order valence-electron chi connectivity index (χ2n) is 6.14. The first-order valence-corrected chi connectivity index (χ1v) is 10.9. The van der Waals surface area contributed by atoms with Crippen molar-refractivity contribution >= 4 is 50.8 Å². The molecule has 2 aromatic carbocycles. The van der Waals surface area contributed by atoms with Gasteiger partial charge in [-0.05, 0) is 49.7 Å². The van der Waals surface area contributed by atoms with Crippen LogP contribution >= 0.6 is 23.2 Å². The molecule has 0 radical (unpaired) electrons. The molecule has 0 fully saturated rings. The summed E-state index contributed by atoms with van der Waals surface area (Å²) < 4.78 is 31.9. The zero-order valence-corrected chi connectivity index (χ0v) is 18.3. The molecule has 0 bridgehead atoms. The molecule has 0 aliphatic heterocycles. The number of benzene rings is 2. The van der Waals surface area contributed by atoms with Crippen molar-refractivity contribution < 1.29 is 22.7 Å². The fraction of sp³-hybridized carbons (Fsp3) is 0.263. The lowest BCUT2D eigenvalue weighted by Gasteiger charge is -2.16. The summed E-state index contributed by atoms with van der Waals surface area (Å²) in [5.74, 6) is -1.44. The average molecular weight is 459 g/mol. The maximum absolute atomic E-state index is 12.5. The third kappa shape index (κ3) is 5.93. The number of ether oxygens (including phenoxy) is 1. The lowest BCUT2D eigenvalue weighted by Crippen LogP contribution is -2.30. The lowest BCUT2D eigenvalue weighted by molar-refractivity contribution is -0.123. The minimum absolute atomic E-state index is 0.0458. The predicted octanol–water partition coefficient (Wildman–Crippen LogP) is 3.78. The van der Waals surface area contributed by atoms with Crippen LogP contribution in [0.1, 0.15) is 29.8 Å². The summed E-state index contributed by atoms with van der Waals surface area (Å²) >= 11 is 11.9. The number of anilines is 1. The van der Waals surface area contributed by atoms with Crippen LogP contribution in [0.15, 0.2) is 41.3 Å². The average Bonchev–Trinajstić information content (AvgIpc) is 2.64. The Morgan fingerprint density at radius 2 is 1.83 bits per heavy atom. The molecular weight excluding hydrogens is 439 g/mol. The van der Waals surface area contributed by atoms with Crippen LogP contribution in [0.4, 0.5) is 5.69 Å². The molecule has 0 spiro atoms. The number of esters is 1. The first-order valence-electron chi connectivity index (χ1n) is 8.62. The van der Waals surface area contributed by atoms with E-state index in [2.05, 4.69) is 10.0 Å². The van der Waals surface area contributed by atoms with Crippen LogP contribution in [0.3, 0.4) is 0 Å². The highest BCUT2D eigenvalue weighted by atomic mass is 35.5. The van der Waals surface area contributed by atoms with Crippen LogP contribution in [0.2, 0.25) is 10.0 Å². The van der Waals surface area contributed by atoms with Gasteiger partial charge in [0, 0.05) is 11.6 Å². The van der Waals surface area contributed by atoms with Crippen molar-refractivity contribution in [1.29, 1.82) is 0 Å². The van der Waals surface area contributed by atoms with Crippen molar-refractivity contribution in [3.05, 3.63) is 57.6 Å². The molecule has 0 aliphatic rings. The van der Waals surface area contributed by atoms with E-state index in [0.717, 1.165) is 0 Å². The van der Waals surface area contributed by atoms with Gasteiger partial charge in [-0.2, -0.15) is 0 Å². The van der Waals surface area contributed by atoms with Crippen LogP contribution in [-0.2, 0) is 19.6 Å². The maximum atomic E-state index is 12.5. The van der Waals surface area contributed by atoms with E-state index in [-0.39, 0.29) is 27.7 Å². The normalized spacial score (nSPS) is 12.3. The van der Waals surface area contributed by atoms with Gasteiger partial charge in [0.2, 0.25) is 10.0 Å². The highest BCUT2D eigenvalue weighted by Gasteiger charge is 2.23. The first kappa shape index (κ1) is 23.2. The lowest BCUT2D eigenvalue weighted by atomic mass is 10.1. The number of aryl methyl sites for hydroxylation is 1. The monoisotopic (exact) mass is 458 g/mol. The molecule has 0 aromatic heterocycles. The SMILES string of the molecule is CCNS(=O)(=O)c1ccc(C)c(C(=O)OC(C)C(=O)Nc2cc(Cl)ccc2Cl)c1. The Kier molecular flexibility index (Phi) is 7.65. The molecule has 156 valence electrons. The molecule has 2 aromatic rings. The minimum Gasteiger partial charge on any atom is -0.449 e. The fourth-order valence-corrected chi connectivity index (χ4v) is 3.77. The molecule has 0 heterocycles. The number of hydrogen-bond donors (Lipinski definition) is 2. The topological polar surface area (TPSA) is 102 Å². The summed E-state index contributed by atoms with van der Waals surface area (Å²) in [6.07, 6.45) is -1.16. The minimum atomic E-state index is -3.74. The van der Waals surface area contributed by atoms with Crippen molar-refractivity contribution in [2.24, 2.45) is 0 Å². The number of nitrogens with one attached hydrogen (secondary N) is 2. The van der Waals surface area contributed by atoms with E-state index in [1.54, 1.807) is 19.9 Å². The van der Waals surface area contributed by atoms with Crippen LogP contribution in [0.25, 0.3) is 0 Å². The molecule has 1 amide bonds. The van der Waals surface area contributed by atoms with Crippen LogP contribution < -0.4 is 10.0 Å². The number of carbonyl (C=O) groups is 2. The van der Waals surface area contributed by atoms with Gasteiger partial charge in [-0.25, -0.2) is 17.9 Å². The van der Waals surface area contributed by atoms with Gasteiger partial charge >= 0.3 is 5.97 Å². The van der Waals surface area contributed by atoms with E-state index in [0.29, 0.717) is 10.6 Å². The number of hydrogen-bond acceptors (Lipinski definition) is 5. The molecule has 7 nitrogen and oxygen atoms in total. The summed E-state index contributed by atoms with van der Waals surface area (Å²) in [6, 6.07) is 8.67. The van der Waals surface area contributed by atoms with Gasteiger partial charge in [-0.1, -0.05) is 36.2 Å². The number of amides is 1. The van der Waals surface area contributed by atoms with Gasteiger partial charge in [-0.3, -0.25) is 4.79 Å². The molecule has 1 atom stereocenters. The van der Waals surface area contributed by atoms with Crippen molar-refractivity contribution in [2.45, 2.75) is 31.8 Å². The number of sulfonamides is 1. The Hall–Kier alpha value is -2.13. The molecular formula is C19H20Cl2N2O5S. The summed E-state index contributed by atoms with van der Waals surface area (Å²) in [5, 5.41) is 3.19. The molecule has 0 aliphatic carbocycles. The Labute approximate surface area is 179 Å². The Morgan fingerprint density at radius 1 is 1.14 bits per heavy atom. The van der Waals surface area contributed by atoms with E-state index in [9.17, 15) is 18.0 Å². The van der Waals surface area contributed by atoms with Gasteiger partial charge in [0.15, 0.2) is 6.10 Å². The molecule has 2 rings (SSSR count). The summed E-state index contributed by atoms with van der Waals surface area (Å²) in [6.45, 7) is 4.88. The smallest absolute Gasteiger partial charge is 0.339 e. The maximum Gasteiger partial charge on any atom is 0.339 e. The molecule has 2 N–H and O–H groups in total. The van der Waals surface area contributed by atoms with Crippen LogP contribution in [0.5, 0.6) is 0 Å². The van der Waals surface area contributed by atoms with E-state index in [4.69, 9.17) is 27.9 Å². The van der Waals surface area contributed by atoms with Gasteiger partial charge in [-0.15, -0.1) is 0 Å². The van der Waals surface area contributed by atoms with Crippen molar-refractivity contribution in [1.82, 2.24) is 4.72 Å². The first-order chi connectivity index (χ1) is 13.5. The van der Waals surface area contributed by atoms with E-state index < -0.39 is 28.0 Å². The molecule has 0 saturated heterocycles. The largest absolute Gasteiger partial charge is 0.449 e. The molecule has 29 heavy (non-hydrogen) atoms. The number of carbonyl (C=O) groups excluding carboxylic acids is 2. The fourth-order valence-electron chi connectivity index (χ4n) is 2.37. The summed E-state index contributed by atoms with van der Waals surface area (Å²) in [4.78, 5) is 24.8. The highest BCUT2D eigenvalue weighted by molar-refractivity contribution is 7.89.